The van der Waals surface area contributed by atoms with Crippen LogP contribution in [0.1, 0.15) is 42.3 Å². The van der Waals surface area contributed by atoms with E-state index >= 15 is 0 Å². The fraction of sp³-hybridized carbons (Fsp3) is 0.423. The van der Waals surface area contributed by atoms with E-state index in [9.17, 15) is 9.59 Å². The van der Waals surface area contributed by atoms with E-state index in [1.807, 2.05) is 37.5 Å². The minimum atomic E-state index is -0.311. The van der Waals surface area contributed by atoms with Gasteiger partial charge in [-0.25, -0.2) is 4.98 Å². The van der Waals surface area contributed by atoms with Crippen LogP contribution in [-0.2, 0) is 24.1 Å². The fourth-order valence-corrected chi connectivity index (χ4v) is 4.56. The van der Waals surface area contributed by atoms with Crippen molar-refractivity contribution in [1.82, 2.24) is 14.5 Å². The zero-order valence-corrected chi connectivity index (χ0v) is 19.6. The lowest BCUT2D eigenvalue weighted by molar-refractivity contribution is 0.0301. The highest BCUT2D eigenvalue weighted by atomic mass is 16.5. The van der Waals surface area contributed by atoms with Gasteiger partial charge in [0.25, 0.3) is 5.91 Å². The van der Waals surface area contributed by atoms with Crippen LogP contribution in [-0.4, -0.2) is 52.7 Å². The number of aryl methyl sites for hydroxylation is 1. The molecular formula is C26H32N4O3. The van der Waals surface area contributed by atoms with Gasteiger partial charge in [0.15, 0.2) is 0 Å². The topological polar surface area (TPSA) is 76.5 Å². The number of aromatic nitrogens is 2. The first-order valence-corrected chi connectivity index (χ1v) is 11.9. The summed E-state index contributed by atoms with van der Waals surface area (Å²) in [5, 5.41) is 3.49. The third-order valence-corrected chi connectivity index (χ3v) is 6.20. The molecule has 174 valence electrons. The van der Waals surface area contributed by atoms with Gasteiger partial charge in [-0.15, -0.1) is 0 Å². The van der Waals surface area contributed by atoms with Crippen LogP contribution in [0.5, 0.6) is 0 Å². The molecule has 1 N–H and O–H groups in total. The molecule has 0 unspecified atom stereocenters. The number of hydrogen-bond donors (Lipinski definition) is 1. The molecule has 3 heterocycles. The lowest BCUT2D eigenvalue weighted by atomic mass is 10.1. The fourth-order valence-electron chi connectivity index (χ4n) is 4.56. The minimum Gasteiger partial charge on any atom is -0.378 e. The Balaban J connectivity index is 0.00000126. The molecule has 2 aliphatic rings. The molecule has 1 aliphatic carbocycles. The molecule has 7 nitrogen and oxygen atoms in total. The highest BCUT2D eigenvalue weighted by Crippen LogP contribution is 2.24. The largest absolute Gasteiger partial charge is 0.378 e. The van der Waals surface area contributed by atoms with Gasteiger partial charge in [-0.1, -0.05) is 38.1 Å². The molecule has 33 heavy (non-hydrogen) atoms. The summed E-state index contributed by atoms with van der Waals surface area (Å²) >= 11 is 0. The molecule has 7 heteroatoms. The van der Waals surface area contributed by atoms with Crippen LogP contribution in [0, 0.1) is 0 Å². The van der Waals surface area contributed by atoms with Crippen molar-refractivity contribution in [2.45, 2.75) is 46.2 Å². The van der Waals surface area contributed by atoms with Crippen LogP contribution in [0.3, 0.4) is 0 Å². The highest BCUT2D eigenvalue weighted by Gasteiger charge is 2.24. The summed E-state index contributed by atoms with van der Waals surface area (Å²) in [5.41, 5.74) is 3.65. The van der Waals surface area contributed by atoms with E-state index in [1.54, 1.807) is 11.1 Å². The van der Waals surface area contributed by atoms with Gasteiger partial charge in [0, 0.05) is 31.9 Å². The Hall–Kier alpha value is -3.19. The monoisotopic (exact) mass is 448 g/mol. The molecule has 0 saturated carbocycles. The van der Waals surface area contributed by atoms with Crippen molar-refractivity contribution in [3.05, 3.63) is 69.5 Å². The summed E-state index contributed by atoms with van der Waals surface area (Å²) < 4.78 is 7.26. The highest BCUT2D eigenvalue weighted by molar-refractivity contribution is 5.97. The van der Waals surface area contributed by atoms with E-state index in [4.69, 9.17) is 4.74 Å². The summed E-state index contributed by atoms with van der Waals surface area (Å²) in [5.74, 6) is 0.421. The molecule has 1 aromatic carbocycles. The summed E-state index contributed by atoms with van der Waals surface area (Å²) in [6, 6.07) is 12.5. The van der Waals surface area contributed by atoms with E-state index in [1.165, 1.54) is 11.1 Å². The molecule has 2 aromatic heterocycles. The van der Waals surface area contributed by atoms with Crippen LogP contribution >= 0.6 is 0 Å². The zero-order valence-electron chi connectivity index (χ0n) is 19.6. The van der Waals surface area contributed by atoms with E-state index in [0.29, 0.717) is 44.2 Å². The molecule has 1 saturated heterocycles. The van der Waals surface area contributed by atoms with Crippen molar-refractivity contribution in [2.24, 2.45) is 0 Å². The van der Waals surface area contributed by atoms with Crippen molar-refractivity contribution in [3.8, 4) is 0 Å². The molecule has 1 amide bonds. The van der Waals surface area contributed by atoms with Crippen LogP contribution in [0.15, 0.2) is 47.4 Å². The number of hydrogen-bond acceptors (Lipinski definition) is 5. The third kappa shape index (κ3) is 4.64. The van der Waals surface area contributed by atoms with Crippen molar-refractivity contribution < 1.29 is 9.53 Å². The number of pyridine rings is 2. The van der Waals surface area contributed by atoms with Gasteiger partial charge >= 0.3 is 0 Å². The number of benzene rings is 1. The molecule has 1 fully saturated rings. The van der Waals surface area contributed by atoms with Gasteiger partial charge in [-0.05, 0) is 43.0 Å². The van der Waals surface area contributed by atoms with Gasteiger partial charge in [0.1, 0.15) is 16.9 Å². The molecule has 3 aromatic rings. The summed E-state index contributed by atoms with van der Waals surface area (Å²) in [7, 11) is 0. The number of nitrogens with one attached hydrogen (secondary N) is 1. The average Bonchev–Trinajstić information content (AvgIpc) is 3.28. The minimum absolute atomic E-state index is 0.175. The number of morpholine rings is 1. The predicted molar refractivity (Wildman–Crippen MR) is 131 cm³/mol. The molecule has 0 atom stereocenters. The predicted octanol–water partition coefficient (Wildman–Crippen LogP) is 3.49. The van der Waals surface area contributed by atoms with E-state index in [2.05, 4.69) is 34.6 Å². The molecule has 0 bridgehead atoms. The van der Waals surface area contributed by atoms with Crippen molar-refractivity contribution in [1.29, 1.82) is 0 Å². The first kappa shape index (κ1) is 23.0. The maximum absolute atomic E-state index is 13.3. The first-order valence-electron chi connectivity index (χ1n) is 11.9. The molecule has 0 radical (unpaired) electrons. The number of fused-ring (bicyclic) bond motifs is 2. The van der Waals surface area contributed by atoms with Gasteiger partial charge < -0.3 is 19.5 Å². The van der Waals surface area contributed by atoms with E-state index < -0.39 is 0 Å². The van der Waals surface area contributed by atoms with Crippen molar-refractivity contribution >= 4 is 22.8 Å². The second-order valence-electron chi connectivity index (χ2n) is 8.14. The van der Waals surface area contributed by atoms with Gasteiger partial charge in [0.2, 0.25) is 5.43 Å². The lowest BCUT2D eigenvalue weighted by Gasteiger charge is -2.27. The van der Waals surface area contributed by atoms with Crippen LogP contribution in [0.25, 0.3) is 11.0 Å². The number of amides is 1. The Bertz CT molecular complexity index is 1170. The normalized spacial score (nSPS) is 15.7. The number of anilines is 1. The molecular weight excluding hydrogens is 416 g/mol. The Morgan fingerprint density at radius 1 is 1.09 bits per heavy atom. The maximum atomic E-state index is 13.3. The smallest absolute Gasteiger partial charge is 0.259 e. The van der Waals surface area contributed by atoms with Crippen LogP contribution in [0.2, 0.25) is 0 Å². The zero-order chi connectivity index (χ0) is 23.4. The average molecular weight is 449 g/mol. The summed E-state index contributed by atoms with van der Waals surface area (Å²) in [6.07, 6.45) is 3.54. The van der Waals surface area contributed by atoms with Gasteiger partial charge in [0.05, 0.1) is 18.7 Å². The van der Waals surface area contributed by atoms with Crippen LogP contribution < -0.4 is 10.7 Å². The number of carbonyl (C=O) groups excluding carboxylic acids is 1. The first-order chi connectivity index (χ1) is 16.1. The summed E-state index contributed by atoms with van der Waals surface area (Å²) in [6.45, 7) is 8.63. The van der Waals surface area contributed by atoms with Crippen LogP contribution in [0.4, 0.5) is 5.82 Å². The standard InChI is InChI=1S/C24H26N4O3.C2H6/c1-2-27-15-19(24(30)28-9-11-31-12-10-28)23(29)22-20(27)7-8-21(26-22)25-18-13-16-5-3-4-6-17(16)14-18;1-2/h3-8,15,18H,2,9-14H2,1H3,(H,25,26);1-2H3. The molecule has 5 rings (SSSR count). The third-order valence-electron chi connectivity index (χ3n) is 6.20. The quantitative estimate of drug-likeness (QED) is 0.661. The molecule has 1 aliphatic heterocycles. The number of nitrogens with zero attached hydrogens (tertiary/aromatic N) is 3. The number of rotatable bonds is 4. The Labute approximate surface area is 194 Å². The second-order valence-corrected chi connectivity index (χ2v) is 8.14. The Morgan fingerprint density at radius 2 is 1.76 bits per heavy atom. The van der Waals surface area contributed by atoms with Crippen molar-refractivity contribution in [2.75, 3.05) is 31.6 Å². The van der Waals surface area contributed by atoms with Gasteiger partial charge in [-0.3, -0.25) is 9.59 Å². The van der Waals surface area contributed by atoms with E-state index in [0.717, 1.165) is 18.4 Å². The van der Waals surface area contributed by atoms with Crippen molar-refractivity contribution in [3.63, 3.8) is 0 Å². The molecule has 0 spiro atoms. The maximum Gasteiger partial charge on any atom is 0.259 e. The Kier molecular flexibility index (Phi) is 7.08. The second kappa shape index (κ2) is 10.2. The van der Waals surface area contributed by atoms with Gasteiger partial charge in [-0.2, -0.15) is 0 Å². The SMILES string of the molecule is CC.CCn1cc(C(=O)N2CCOCC2)c(=O)c2nc(NC3Cc4ccccc4C3)ccc21. The lowest BCUT2D eigenvalue weighted by Crippen LogP contribution is -2.42. The number of carbonyl (C=O) groups is 1. The van der Waals surface area contributed by atoms with E-state index in [-0.39, 0.29) is 22.9 Å². The summed E-state index contributed by atoms with van der Waals surface area (Å²) in [4.78, 5) is 32.6. The number of ether oxygens (including phenoxy) is 1. The Morgan fingerprint density at radius 3 is 2.39 bits per heavy atom.